The maximum Gasteiger partial charge on any atom is 0.255 e. The third-order valence-electron chi connectivity index (χ3n) is 13.4. The van der Waals surface area contributed by atoms with Gasteiger partial charge in [-0.05, 0) is 105 Å². The van der Waals surface area contributed by atoms with Crippen molar-refractivity contribution in [1.82, 2.24) is 44.3 Å². The van der Waals surface area contributed by atoms with E-state index in [0.29, 0.717) is 54.9 Å². The lowest BCUT2D eigenvalue weighted by molar-refractivity contribution is -0.134. The number of imide groups is 1. The van der Waals surface area contributed by atoms with E-state index in [9.17, 15) is 24.0 Å². The molecule has 0 radical (unpaired) electrons. The summed E-state index contributed by atoms with van der Waals surface area (Å²) in [5.74, 6) is -1.25. The van der Waals surface area contributed by atoms with Crippen LogP contribution >= 0.6 is 11.3 Å². The van der Waals surface area contributed by atoms with Crippen molar-refractivity contribution in [2.75, 3.05) is 43.4 Å². The molecule has 5 amide bonds. The fraction of sp³-hybridized carbons (Fsp3) is 0.422. The number of piperidine rings is 3. The molecule has 8 heterocycles. The lowest BCUT2D eigenvalue weighted by Gasteiger charge is -2.35. The summed E-state index contributed by atoms with van der Waals surface area (Å²) in [4.78, 5) is 79.4. The van der Waals surface area contributed by atoms with Gasteiger partial charge in [0.15, 0.2) is 11.2 Å². The highest BCUT2D eigenvalue weighted by atomic mass is 32.1. The van der Waals surface area contributed by atoms with E-state index >= 15 is 4.39 Å². The summed E-state index contributed by atoms with van der Waals surface area (Å²) in [5.41, 5.74) is 5.32. The fourth-order valence-electron chi connectivity index (χ4n) is 9.87. The molecule has 18 heteroatoms. The Bertz CT molecular complexity index is 2560. The Kier molecular flexibility index (Phi) is 11.1. The number of aromatic nitrogens is 5. The number of carbonyl (C=O) groups excluding carboxylic acids is 5. The van der Waals surface area contributed by atoms with Crippen molar-refractivity contribution in [2.45, 2.75) is 88.4 Å². The zero-order chi connectivity index (χ0) is 43.2. The molecule has 63 heavy (non-hydrogen) atoms. The van der Waals surface area contributed by atoms with Gasteiger partial charge >= 0.3 is 0 Å². The van der Waals surface area contributed by atoms with Gasteiger partial charge in [-0.1, -0.05) is 12.1 Å². The van der Waals surface area contributed by atoms with Crippen LogP contribution in [-0.2, 0) is 38.7 Å². The molecule has 3 aromatic heterocycles. The second kappa shape index (κ2) is 17.1. The van der Waals surface area contributed by atoms with Crippen molar-refractivity contribution in [2.24, 2.45) is 0 Å². The van der Waals surface area contributed by atoms with E-state index in [1.807, 2.05) is 27.8 Å². The summed E-state index contributed by atoms with van der Waals surface area (Å²) in [6.45, 7) is 4.06. The van der Waals surface area contributed by atoms with Crippen LogP contribution in [0.2, 0.25) is 0 Å². The monoisotopic (exact) mass is 873 g/mol. The second-order valence-corrected chi connectivity index (χ2v) is 18.1. The normalized spacial score (nSPS) is 20.1. The molecule has 5 aromatic rings. The molecular weight excluding hydrogens is 826 g/mol. The molecule has 2 unspecified atom stereocenters. The summed E-state index contributed by atoms with van der Waals surface area (Å²) in [5, 5.41) is 15.2. The molecule has 326 valence electrons. The smallest absolute Gasteiger partial charge is 0.255 e. The van der Waals surface area contributed by atoms with Crippen molar-refractivity contribution in [1.29, 1.82) is 0 Å². The van der Waals surface area contributed by atoms with Crippen molar-refractivity contribution in [3.8, 4) is 5.69 Å². The zero-order valence-electron chi connectivity index (χ0n) is 34.7. The van der Waals surface area contributed by atoms with Crippen molar-refractivity contribution >= 4 is 51.7 Å². The van der Waals surface area contributed by atoms with E-state index in [2.05, 4.69) is 48.0 Å². The van der Waals surface area contributed by atoms with E-state index in [1.165, 1.54) is 27.9 Å². The molecule has 10 rings (SSSR count). The van der Waals surface area contributed by atoms with Crippen LogP contribution in [0.15, 0.2) is 66.7 Å². The zero-order valence-corrected chi connectivity index (χ0v) is 35.5. The van der Waals surface area contributed by atoms with Gasteiger partial charge in [-0.15, -0.1) is 11.3 Å². The van der Waals surface area contributed by atoms with Gasteiger partial charge in [-0.25, -0.2) is 19.0 Å². The van der Waals surface area contributed by atoms with E-state index in [1.54, 1.807) is 34.8 Å². The van der Waals surface area contributed by atoms with Gasteiger partial charge in [0, 0.05) is 66.3 Å². The highest BCUT2D eigenvalue weighted by Gasteiger charge is 2.42. The molecule has 0 bridgehead atoms. The molecule has 3 fully saturated rings. The number of fused-ring (bicyclic) bond motifs is 2. The minimum atomic E-state index is -1.07. The van der Waals surface area contributed by atoms with Crippen molar-refractivity contribution in [3.63, 3.8) is 0 Å². The van der Waals surface area contributed by atoms with Crippen LogP contribution in [0.3, 0.4) is 0 Å². The summed E-state index contributed by atoms with van der Waals surface area (Å²) < 4.78 is 19.5. The van der Waals surface area contributed by atoms with Crippen LogP contribution in [-0.4, -0.2) is 107 Å². The molecule has 0 spiro atoms. The number of rotatable bonds is 11. The van der Waals surface area contributed by atoms with E-state index in [4.69, 9.17) is 0 Å². The number of imidazole rings is 1. The predicted molar refractivity (Wildman–Crippen MR) is 231 cm³/mol. The Labute approximate surface area is 366 Å². The largest absolute Gasteiger partial charge is 0.374 e. The lowest BCUT2D eigenvalue weighted by atomic mass is 9.89. The van der Waals surface area contributed by atoms with Gasteiger partial charge in [0.25, 0.3) is 11.8 Å². The number of aryl methyl sites for hydroxylation is 1. The number of hydrogen-bond donors (Lipinski definition) is 3. The predicted octanol–water partition coefficient (Wildman–Crippen LogP) is 4.75. The minimum absolute atomic E-state index is 0.0774. The van der Waals surface area contributed by atoms with Crippen molar-refractivity contribution < 1.29 is 28.4 Å². The highest BCUT2D eigenvalue weighted by Crippen LogP contribution is 2.38. The number of hydrogen-bond acceptors (Lipinski definition) is 11. The number of anilines is 2. The molecule has 5 aliphatic heterocycles. The maximum atomic E-state index is 15.9. The molecule has 2 atom stereocenters. The Morgan fingerprint density at radius 3 is 2.46 bits per heavy atom. The molecule has 16 nitrogen and oxygen atoms in total. The number of carbonyl (C=O) groups is 5. The van der Waals surface area contributed by atoms with Crippen LogP contribution < -0.4 is 16.0 Å². The summed E-state index contributed by atoms with van der Waals surface area (Å²) >= 11 is 1.27. The molecule has 0 aliphatic carbocycles. The van der Waals surface area contributed by atoms with Gasteiger partial charge in [-0.3, -0.25) is 39.5 Å². The molecule has 5 aliphatic rings. The number of likely N-dealkylation sites (tertiary alicyclic amines) is 2. The van der Waals surface area contributed by atoms with Gasteiger partial charge in [0.2, 0.25) is 17.7 Å². The Morgan fingerprint density at radius 1 is 0.921 bits per heavy atom. The number of nitrogens with zero attached hydrogens (tertiary/aromatic N) is 8. The summed E-state index contributed by atoms with van der Waals surface area (Å²) in [7, 11) is 0. The number of halogens is 1. The van der Waals surface area contributed by atoms with E-state index in [-0.39, 0.29) is 41.3 Å². The van der Waals surface area contributed by atoms with Crippen LogP contribution in [0.1, 0.15) is 101 Å². The third-order valence-corrected chi connectivity index (χ3v) is 14.1. The first-order chi connectivity index (χ1) is 30.6. The van der Waals surface area contributed by atoms with E-state index < -0.39 is 29.7 Å². The SMILES string of the molecule is O=C1CCC(Nc2ccc(C3CCN(CC(=O)N4CCC(c5cnn(-c6cc(F)c7c(c6)C(=O)N(C(C(=O)Nc6nccs6)c6ncn8c6CCC8)C7)c5)CC4)CC3)cc2)C(=O)N1. The maximum absolute atomic E-state index is 15.9. The van der Waals surface area contributed by atoms with Gasteiger partial charge < -0.3 is 19.7 Å². The number of benzene rings is 2. The highest BCUT2D eigenvalue weighted by molar-refractivity contribution is 7.13. The van der Waals surface area contributed by atoms with Crippen LogP contribution in [0, 0.1) is 5.82 Å². The lowest BCUT2D eigenvalue weighted by Crippen LogP contribution is -2.47. The van der Waals surface area contributed by atoms with Gasteiger partial charge in [-0.2, -0.15) is 5.10 Å². The first-order valence-electron chi connectivity index (χ1n) is 21.8. The van der Waals surface area contributed by atoms with Crippen LogP contribution in [0.4, 0.5) is 15.2 Å². The fourth-order valence-corrected chi connectivity index (χ4v) is 10.4. The van der Waals surface area contributed by atoms with Crippen LogP contribution in [0.5, 0.6) is 0 Å². The Morgan fingerprint density at radius 2 is 1.70 bits per heavy atom. The Balaban J connectivity index is 0.728. The van der Waals surface area contributed by atoms with Crippen LogP contribution in [0.25, 0.3) is 5.69 Å². The standard InChI is InChI=1S/C45H48FN11O5S/c46-35-21-32(20-33-34(35)24-56(44(33)62)41(43(61)52-45-47-13-19-63-45)40-37-2-1-14-55(37)26-48-40)57-23-30(22-49-57)29-11-17-54(18-12-29)39(59)25-53-15-9-28(10-16-53)27-3-5-31(6-4-27)50-36-7-8-38(58)51-42(36)60/h3-6,13,19-23,26,28-29,36,41,50H,1-2,7-12,14-18,24-25H2,(H,47,52,61)(H,51,58,60). The average Bonchev–Trinajstić information content (AvgIpc) is 4.15. The number of thiazole rings is 1. The molecule has 0 saturated carbocycles. The quantitative estimate of drug-likeness (QED) is 0.157. The summed E-state index contributed by atoms with van der Waals surface area (Å²) in [6, 6.07) is 9.73. The average molecular weight is 874 g/mol. The molecule has 3 N–H and O–H groups in total. The number of amides is 5. The van der Waals surface area contributed by atoms with Crippen molar-refractivity contribution in [3.05, 3.63) is 106 Å². The first kappa shape index (κ1) is 40.8. The third kappa shape index (κ3) is 8.24. The molecule has 2 aromatic carbocycles. The molecule has 3 saturated heterocycles. The van der Waals surface area contributed by atoms with Gasteiger partial charge in [0.1, 0.15) is 11.9 Å². The van der Waals surface area contributed by atoms with Gasteiger partial charge in [0.05, 0.1) is 37.0 Å². The van der Waals surface area contributed by atoms with E-state index in [0.717, 1.165) is 75.1 Å². The Hall–Kier alpha value is -6.27. The number of nitrogens with one attached hydrogen (secondary N) is 3. The topological polar surface area (TPSA) is 180 Å². The summed E-state index contributed by atoms with van der Waals surface area (Å²) in [6.07, 6.45) is 12.9. The second-order valence-electron chi connectivity index (χ2n) is 17.2. The minimum Gasteiger partial charge on any atom is -0.374 e. The molecular formula is C45H48FN11O5S. The first-order valence-corrected chi connectivity index (χ1v) is 22.7.